The van der Waals surface area contributed by atoms with Crippen molar-refractivity contribution in [2.75, 3.05) is 13.1 Å². The van der Waals surface area contributed by atoms with E-state index in [9.17, 15) is 14.0 Å². The van der Waals surface area contributed by atoms with Crippen LogP contribution in [0, 0.1) is 17.7 Å². The summed E-state index contributed by atoms with van der Waals surface area (Å²) in [4.78, 5) is 26.3. The second-order valence-electron chi connectivity index (χ2n) is 6.82. The van der Waals surface area contributed by atoms with Gasteiger partial charge in [0.05, 0.1) is 5.92 Å². The molecule has 1 saturated heterocycles. The number of benzene rings is 1. The molecule has 132 valence electrons. The summed E-state index contributed by atoms with van der Waals surface area (Å²) < 4.78 is 18.5. The van der Waals surface area contributed by atoms with Gasteiger partial charge in [-0.1, -0.05) is 26.0 Å². The summed E-state index contributed by atoms with van der Waals surface area (Å²) >= 11 is 0. The molecule has 1 amide bonds. The minimum absolute atomic E-state index is 0.131. The number of halogens is 1. The summed E-state index contributed by atoms with van der Waals surface area (Å²) in [5, 5.41) is 0. The maximum atomic E-state index is 13.2. The molecule has 0 aromatic heterocycles. The van der Waals surface area contributed by atoms with Crippen molar-refractivity contribution in [1.82, 2.24) is 4.90 Å². The molecule has 1 fully saturated rings. The van der Waals surface area contributed by atoms with E-state index in [-0.39, 0.29) is 11.7 Å². The van der Waals surface area contributed by atoms with Crippen molar-refractivity contribution in [3.63, 3.8) is 0 Å². The number of hydrogen-bond donors (Lipinski definition) is 0. The molecule has 4 nitrogen and oxygen atoms in total. The highest BCUT2D eigenvalue weighted by atomic mass is 19.1. The Morgan fingerprint density at radius 3 is 2.58 bits per heavy atom. The van der Waals surface area contributed by atoms with E-state index in [1.807, 2.05) is 0 Å². The summed E-state index contributed by atoms with van der Waals surface area (Å²) in [6, 6.07) is 6.17. The molecule has 1 aliphatic rings. The number of piperidine rings is 1. The number of hydrogen-bond acceptors (Lipinski definition) is 3. The van der Waals surface area contributed by atoms with Crippen molar-refractivity contribution in [2.45, 2.75) is 46.1 Å². The molecule has 1 heterocycles. The number of ether oxygens (including phenoxy) is 1. The molecule has 24 heavy (non-hydrogen) atoms. The standard InChI is InChI=1S/C19H26FNO3/c1-13-7-9-21(10-8-13)18(22)15(3)24-19(23)14(2)11-16-5-4-6-17(20)12-16/h4-6,12-15H,7-11H2,1-3H3. The zero-order chi connectivity index (χ0) is 17.7. The molecular formula is C19H26FNO3. The van der Waals surface area contributed by atoms with E-state index in [2.05, 4.69) is 6.92 Å². The first-order valence-electron chi connectivity index (χ1n) is 8.60. The second kappa shape index (κ2) is 8.27. The molecule has 2 rings (SSSR count). The van der Waals surface area contributed by atoms with E-state index < -0.39 is 18.0 Å². The van der Waals surface area contributed by atoms with E-state index >= 15 is 0 Å². The Balaban J connectivity index is 1.85. The normalized spacial score (nSPS) is 18.1. The summed E-state index contributed by atoms with van der Waals surface area (Å²) in [6.45, 7) is 6.97. The van der Waals surface area contributed by atoms with Crippen molar-refractivity contribution in [2.24, 2.45) is 11.8 Å². The van der Waals surface area contributed by atoms with Gasteiger partial charge < -0.3 is 9.64 Å². The van der Waals surface area contributed by atoms with Gasteiger partial charge >= 0.3 is 5.97 Å². The SMILES string of the molecule is CC1CCN(C(=O)C(C)OC(=O)C(C)Cc2cccc(F)c2)CC1. The summed E-state index contributed by atoms with van der Waals surface area (Å²) in [7, 11) is 0. The molecule has 0 bridgehead atoms. The molecule has 1 aliphatic heterocycles. The van der Waals surface area contributed by atoms with Crippen molar-refractivity contribution < 1.29 is 18.7 Å². The van der Waals surface area contributed by atoms with Gasteiger partial charge in [-0.15, -0.1) is 0 Å². The van der Waals surface area contributed by atoms with E-state index in [0.29, 0.717) is 12.3 Å². The first-order valence-corrected chi connectivity index (χ1v) is 8.60. The maximum absolute atomic E-state index is 13.2. The van der Waals surface area contributed by atoms with Crippen LogP contribution >= 0.6 is 0 Å². The predicted octanol–water partition coefficient (Wildman–Crippen LogP) is 3.19. The van der Waals surface area contributed by atoms with Crippen molar-refractivity contribution in [3.05, 3.63) is 35.6 Å². The van der Waals surface area contributed by atoms with Gasteiger partial charge in [-0.25, -0.2) is 4.39 Å². The Hall–Kier alpha value is -1.91. The number of rotatable bonds is 5. The van der Waals surface area contributed by atoms with Gasteiger partial charge in [-0.05, 0) is 49.8 Å². The van der Waals surface area contributed by atoms with Crippen LogP contribution in [0.3, 0.4) is 0 Å². The molecule has 1 aromatic carbocycles. The monoisotopic (exact) mass is 335 g/mol. The van der Waals surface area contributed by atoms with Crippen molar-refractivity contribution >= 4 is 11.9 Å². The Morgan fingerprint density at radius 2 is 1.96 bits per heavy atom. The van der Waals surface area contributed by atoms with Gasteiger partial charge in [0.2, 0.25) is 0 Å². The van der Waals surface area contributed by atoms with Crippen LogP contribution in [0.5, 0.6) is 0 Å². The van der Waals surface area contributed by atoms with Crippen molar-refractivity contribution in [1.29, 1.82) is 0 Å². The Morgan fingerprint density at radius 1 is 1.29 bits per heavy atom. The quantitative estimate of drug-likeness (QED) is 0.776. The molecule has 5 heteroatoms. The maximum Gasteiger partial charge on any atom is 0.309 e. The third-order valence-corrected chi connectivity index (χ3v) is 4.57. The minimum atomic E-state index is -0.777. The number of carbonyl (C=O) groups excluding carboxylic acids is 2. The van der Waals surface area contributed by atoms with Crippen LogP contribution < -0.4 is 0 Å². The molecule has 1 aromatic rings. The fourth-order valence-corrected chi connectivity index (χ4v) is 2.93. The summed E-state index contributed by atoms with van der Waals surface area (Å²) in [5.41, 5.74) is 0.739. The summed E-state index contributed by atoms with van der Waals surface area (Å²) in [6.07, 6.45) is 1.59. The van der Waals surface area contributed by atoms with Crippen molar-refractivity contribution in [3.8, 4) is 0 Å². The van der Waals surface area contributed by atoms with E-state index in [0.717, 1.165) is 31.5 Å². The first kappa shape index (κ1) is 18.4. The van der Waals surface area contributed by atoms with Crippen LogP contribution in [0.1, 0.15) is 39.2 Å². The number of esters is 1. The predicted molar refractivity (Wildman–Crippen MR) is 89.8 cm³/mol. The van der Waals surface area contributed by atoms with E-state index in [1.54, 1.807) is 30.9 Å². The van der Waals surface area contributed by atoms with Gasteiger partial charge in [0.15, 0.2) is 6.10 Å². The van der Waals surface area contributed by atoms with Crippen LogP contribution in [0.4, 0.5) is 4.39 Å². The van der Waals surface area contributed by atoms with Crippen LogP contribution in [0.15, 0.2) is 24.3 Å². The Labute approximate surface area is 143 Å². The number of amides is 1. The largest absolute Gasteiger partial charge is 0.452 e. The lowest BCUT2D eigenvalue weighted by atomic mass is 9.99. The molecule has 0 aliphatic carbocycles. The molecule has 0 radical (unpaired) electrons. The van der Waals surface area contributed by atoms with Gasteiger partial charge in [-0.3, -0.25) is 9.59 Å². The van der Waals surface area contributed by atoms with Crippen LogP contribution in [0.2, 0.25) is 0 Å². The highest BCUT2D eigenvalue weighted by Crippen LogP contribution is 2.18. The van der Waals surface area contributed by atoms with Gasteiger partial charge in [0.1, 0.15) is 5.82 Å². The zero-order valence-corrected chi connectivity index (χ0v) is 14.6. The highest BCUT2D eigenvalue weighted by Gasteiger charge is 2.28. The number of carbonyl (C=O) groups is 2. The van der Waals surface area contributed by atoms with Gasteiger partial charge in [0, 0.05) is 13.1 Å². The minimum Gasteiger partial charge on any atom is -0.452 e. The smallest absolute Gasteiger partial charge is 0.309 e. The lowest BCUT2D eigenvalue weighted by Gasteiger charge is -2.32. The molecule has 2 unspecified atom stereocenters. The topological polar surface area (TPSA) is 46.6 Å². The van der Waals surface area contributed by atoms with Crippen LogP contribution in [0.25, 0.3) is 0 Å². The van der Waals surface area contributed by atoms with E-state index in [1.165, 1.54) is 12.1 Å². The Kier molecular flexibility index (Phi) is 6.35. The highest BCUT2D eigenvalue weighted by molar-refractivity contribution is 5.84. The lowest BCUT2D eigenvalue weighted by molar-refractivity contribution is -0.162. The second-order valence-corrected chi connectivity index (χ2v) is 6.82. The fraction of sp³-hybridized carbons (Fsp3) is 0.579. The number of likely N-dealkylation sites (tertiary alicyclic amines) is 1. The summed E-state index contributed by atoms with van der Waals surface area (Å²) in [5.74, 6) is -0.670. The first-order chi connectivity index (χ1) is 11.4. The molecular weight excluding hydrogens is 309 g/mol. The lowest BCUT2D eigenvalue weighted by Crippen LogP contribution is -2.44. The van der Waals surface area contributed by atoms with Gasteiger partial charge in [0.25, 0.3) is 5.91 Å². The fourth-order valence-electron chi connectivity index (χ4n) is 2.93. The Bertz CT molecular complexity index is 582. The molecule has 0 spiro atoms. The third kappa shape index (κ3) is 5.05. The van der Waals surface area contributed by atoms with Crippen LogP contribution in [-0.2, 0) is 20.7 Å². The molecule has 2 atom stereocenters. The zero-order valence-electron chi connectivity index (χ0n) is 14.6. The molecule has 0 saturated carbocycles. The van der Waals surface area contributed by atoms with Gasteiger partial charge in [-0.2, -0.15) is 0 Å². The van der Waals surface area contributed by atoms with E-state index in [4.69, 9.17) is 4.74 Å². The average molecular weight is 335 g/mol. The van der Waals surface area contributed by atoms with Crippen LogP contribution in [-0.4, -0.2) is 36.0 Å². The third-order valence-electron chi connectivity index (χ3n) is 4.57. The average Bonchev–Trinajstić information content (AvgIpc) is 2.54. The number of nitrogens with zero attached hydrogens (tertiary/aromatic N) is 1. The molecule has 0 N–H and O–H groups in total.